The quantitative estimate of drug-likeness (QED) is 0.0287. The molecule has 2 unspecified atom stereocenters. The van der Waals surface area contributed by atoms with Crippen LogP contribution in [0.4, 0.5) is 0 Å². The third-order valence-corrected chi connectivity index (χ3v) is 9.20. The van der Waals surface area contributed by atoms with Gasteiger partial charge in [0.15, 0.2) is 6.10 Å². The minimum Gasteiger partial charge on any atom is -0.462 e. The lowest BCUT2D eigenvalue weighted by Crippen LogP contribution is -2.29. The van der Waals surface area contributed by atoms with E-state index in [9.17, 15) is 19.0 Å². The van der Waals surface area contributed by atoms with Crippen molar-refractivity contribution in [1.82, 2.24) is 0 Å². The fourth-order valence-electron chi connectivity index (χ4n) is 5.10. The van der Waals surface area contributed by atoms with Gasteiger partial charge in [0, 0.05) is 12.8 Å². The lowest BCUT2D eigenvalue weighted by Gasteiger charge is -2.19. The molecule has 0 aliphatic heterocycles. The number of allylic oxidation sites excluding steroid dienone is 16. The van der Waals surface area contributed by atoms with Gasteiger partial charge in [-0.1, -0.05) is 150 Å². The Morgan fingerprint density at radius 3 is 1.47 bits per heavy atom. The standard InChI is InChI=1S/C46H75O8P/c1-4-7-9-11-13-15-17-19-21-23-24-25-27-29-31-33-35-37-39-41-46(48)54-44(43-53-55(49,50)52-6-3)42-51-45(47)40-38-36-34-32-30-28-26-22-20-18-16-14-12-10-8-5-2/h7,9,13,15-16,18-19,21-22,24-26,29,31,35,37,44H,4-6,8,10-12,14,17,20,23,27-28,30,32-34,36,38-43H2,1-3H3,(H,49,50)/b9-7-,15-13-,18-16-,21-19-,25-24-,26-22-,31-29-,37-35-. The van der Waals surface area contributed by atoms with E-state index in [2.05, 4.69) is 98.9 Å². The second kappa shape index (κ2) is 40.6. The SMILES string of the molecule is CC/C=C\C/C=C\C/C=C\C/C=C\C/C=C\C/C=C\CCC(=O)OC(COC(=O)CCCCCCC/C=C\C/C=C\CCCCCC)COP(=O)(O)OCC. The number of phosphoric acid groups is 1. The highest BCUT2D eigenvalue weighted by Crippen LogP contribution is 2.43. The number of carbonyl (C=O) groups excluding carboxylic acids is 2. The Morgan fingerprint density at radius 1 is 0.509 bits per heavy atom. The Labute approximate surface area is 335 Å². The van der Waals surface area contributed by atoms with Gasteiger partial charge in [0.2, 0.25) is 0 Å². The van der Waals surface area contributed by atoms with Crippen LogP contribution in [0.1, 0.15) is 156 Å². The van der Waals surface area contributed by atoms with Gasteiger partial charge in [-0.05, 0) is 90.4 Å². The van der Waals surface area contributed by atoms with Crippen molar-refractivity contribution in [1.29, 1.82) is 0 Å². The Kier molecular flexibility index (Phi) is 38.4. The van der Waals surface area contributed by atoms with Crippen LogP contribution in [0.5, 0.6) is 0 Å². The second-order valence-corrected chi connectivity index (χ2v) is 14.7. The summed E-state index contributed by atoms with van der Waals surface area (Å²) in [5.41, 5.74) is 0. The van der Waals surface area contributed by atoms with Gasteiger partial charge >= 0.3 is 19.8 Å². The maximum Gasteiger partial charge on any atom is 0.472 e. The van der Waals surface area contributed by atoms with E-state index in [-0.39, 0.29) is 26.1 Å². The van der Waals surface area contributed by atoms with Gasteiger partial charge in [0.1, 0.15) is 6.61 Å². The van der Waals surface area contributed by atoms with Gasteiger partial charge in [-0.2, -0.15) is 0 Å². The number of phosphoric ester groups is 1. The summed E-state index contributed by atoms with van der Waals surface area (Å²) in [6.45, 7) is 5.22. The summed E-state index contributed by atoms with van der Waals surface area (Å²) in [6.07, 6.45) is 53.3. The van der Waals surface area contributed by atoms with E-state index in [4.69, 9.17) is 18.5 Å². The maximum absolute atomic E-state index is 12.5. The first kappa shape index (κ1) is 52.0. The van der Waals surface area contributed by atoms with Crippen LogP contribution in [0.3, 0.4) is 0 Å². The molecular formula is C46H75O8P. The van der Waals surface area contributed by atoms with Crippen molar-refractivity contribution in [2.24, 2.45) is 0 Å². The molecule has 0 rings (SSSR count). The minimum absolute atomic E-state index is 0.0211. The van der Waals surface area contributed by atoms with E-state index < -0.39 is 32.5 Å². The molecule has 0 aromatic carbocycles. The van der Waals surface area contributed by atoms with Crippen LogP contribution in [-0.2, 0) is 32.7 Å². The molecule has 0 saturated carbocycles. The van der Waals surface area contributed by atoms with Crippen LogP contribution in [0.25, 0.3) is 0 Å². The van der Waals surface area contributed by atoms with Gasteiger partial charge in [-0.3, -0.25) is 18.6 Å². The lowest BCUT2D eigenvalue weighted by atomic mass is 10.1. The summed E-state index contributed by atoms with van der Waals surface area (Å²) in [4.78, 5) is 34.7. The van der Waals surface area contributed by atoms with Gasteiger partial charge in [0.25, 0.3) is 0 Å². The zero-order valence-electron chi connectivity index (χ0n) is 34.5. The van der Waals surface area contributed by atoms with E-state index in [0.717, 1.165) is 77.0 Å². The Hall–Kier alpha value is -3.03. The molecule has 0 saturated heterocycles. The highest BCUT2D eigenvalue weighted by atomic mass is 31.2. The van der Waals surface area contributed by atoms with Gasteiger partial charge in [-0.15, -0.1) is 0 Å². The van der Waals surface area contributed by atoms with Gasteiger partial charge < -0.3 is 14.4 Å². The van der Waals surface area contributed by atoms with Crippen molar-refractivity contribution in [2.75, 3.05) is 19.8 Å². The molecule has 0 aromatic heterocycles. The van der Waals surface area contributed by atoms with Crippen molar-refractivity contribution in [3.63, 3.8) is 0 Å². The average Bonchev–Trinajstić information content (AvgIpc) is 3.16. The molecular weight excluding hydrogens is 711 g/mol. The number of esters is 2. The van der Waals surface area contributed by atoms with E-state index in [1.54, 1.807) is 6.92 Å². The predicted octanol–water partition coefficient (Wildman–Crippen LogP) is 13.3. The van der Waals surface area contributed by atoms with Crippen LogP contribution in [0.15, 0.2) is 97.2 Å². The number of unbranched alkanes of at least 4 members (excludes halogenated alkanes) is 9. The first-order valence-corrected chi connectivity index (χ1v) is 22.5. The molecule has 0 amide bonds. The summed E-state index contributed by atoms with van der Waals surface area (Å²) in [6, 6.07) is 0. The molecule has 0 spiro atoms. The predicted molar refractivity (Wildman–Crippen MR) is 230 cm³/mol. The van der Waals surface area contributed by atoms with Crippen LogP contribution in [0.2, 0.25) is 0 Å². The molecule has 0 bridgehead atoms. The number of hydrogen-bond acceptors (Lipinski definition) is 7. The first-order chi connectivity index (χ1) is 26.8. The maximum atomic E-state index is 12.5. The first-order valence-electron chi connectivity index (χ1n) is 21.0. The Balaban J connectivity index is 4.29. The zero-order valence-corrected chi connectivity index (χ0v) is 35.4. The zero-order chi connectivity index (χ0) is 40.3. The molecule has 0 aromatic rings. The second-order valence-electron chi connectivity index (χ2n) is 13.3. The van der Waals surface area contributed by atoms with Gasteiger partial charge in [0.05, 0.1) is 13.2 Å². The topological polar surface area (TPSA) is 108 Å². The molecule has 55 heavy (non-hydrogen) atoms. The van der Waals surface area contributed by atoms with Crippen LogP contribution in [0, 0.1) is 0 Å². The molecule has 0 heterocycles. The third kappa shape index (κ3) is 40.5. The summed E-state index contributed by atoms with van der Waals surface area (Å²) in [5, 5.41) is 0. The van der Waals surface area contributed by atoms with E-state index in [1.807, 2.05) is 12.2 Å². The average molecular weight is 787 g/mol. The largest absolute Gasteiger partial charge is 0.472 e. The number of hydrogen-bond donors (Lipinski definition) is 1. The molecule has 8 nitrogen and oxygen atoms in total. The highest BCUT2D eigenvalue weighted by Gasteiger charge is 2.25. The van der Waals surface area contributed by atoms with Crippen molar-refractivity contribution < 1.29 is 37.6 Å². The van der Waals surface area contributed by atoms with Crippen LogP contribution >= 0.6 is 7.82 Å². The van der Waals surface area contributed by atoms with Crippen molar-refractivity contribution >= 4 is 19.8 Å². The fourth-order valence-corrected chi connectivity index (χ4v) is 5.85. The van der Waals surface area contributed by atoms with E-state index in [0.29, 0.717) is 12.8 Å². The third-order valence-electron chi connectivity index (χ3n) is 8.14. The molecule has 312 valence electrons. The molecule has 9 heteroatoms. The summed E-state index contributed by atoms with van der Waals surface area (Å²) in [5.74, 6) is -0.921. The monoisotopic (exact) mass is 787 g/mol. The molecule has 1 N–H and O–H groups in total. The van der Waals surface area contributed by atoms with Gasteiger partial charge in [-0.25, -0.2) is 4.57 Å². The minimum atomic E-state index is -4.31. The lowest BCUT2D eigenvalue weighted by molar-refractivity contribution is -0.161. The summed E-state index contributed by atoms with van der Waals surface area (Å²) in [7, 11) is -4.31. The van der Waals surface area contributed by atoms with E-state index >= 15 is 0 Å². The van der Waals surface area contributed by atoms with E-state index in [1.165, 1.54) is 32.1 Å². The van der Waals surface area contributed by atoms with Crippen LogP contribution in [-0.4, -0.2) is 42.8 Å². The molecule has 0 aliphatic carbocycles. The summed E-state index contributed by atoms with van der Waals surface area (Å²) >= 11 is 0. The fraction of sp³-hybridized carbons (Fsp3) is 0.609. The molecule has 0 aliphatic rings. The normalized spacial score (nSPS) is 14.3. The highest BCUT2D eigenvalue weighted by molar-refractivity contribution is 7.47. The Morgan fingerprint density at radius 2 is 0.964 bits per heavy atom. The number of ether oxygens (including phenoxy) is 2. The molecule has 0 radical (unpaired) electrons. The number of carbonyl (C=O) groups is 2. The van der Waals surface area contributed by atoms with Crippen molar-refractivity contribution in [3.8, 4) is 0 Å². The smallest absolute Gasteiger partial charge is 0.462 e. The Bertz CT molecular complexity index is 1210. The number of rotatable bonds is 37. The molecule has 2 atom stereocenters. The summed E-state index contributed by atoms with van der Waals surface area (Å²) < 4.78 is 32.5. The molecule has 0 fully saturated rings. The van der Waals surface area contributed by atoms with Crippen molar-refractivity contribution in [2.45, 2.75) is 162 Å². The van der Waals surface area contributed by atoms with Crippen LogP contribution < -0.4 is 0 Å². The van der Waals surface area contributed by atoms with Crippen molar-refractivity contribution in [3.05, 3.63) is 97.2 Å².